The van der Waals surface area contributed by atoms with Crippen molar-refractivity contribution in [2.24, 2.45) is 0 Å². The number of halogens is 1. The predicted molar refractivity (Wildman–Crippen MR) is 103 cm³/mol. The van der Waals surface area contributed by atoms with E-state index in [9.17, 15) is 19.4 Å². The summed E-state index contributed by atoms with van der Waals surface area (Å²) < 4.78 is 12.9. The van der Waals surface area contributed by atoms with Crippen molar-refractivity contribution < 1.29 is 19.4 Å². The van der Waals surface area contributed by atoms with Crippen molar-refractivity contribution in [3.8, 4) is 0 Å². The third-order valence-electron chi connectivity index (χ3n) is 4.23. The number of hydrogen-bond acceptors (Lipinski definition) is 4. The van der Waals surface area contributed by atoms with Crippen LogP contribution in [0.2, 0.25) is 0 Å². The minimum Gasteiger partial charge on any atom is -0.506 e. The van der Waals surface area contributed by atoms with Gasteiger partial charge in [-0.05, 0) is 37.6 Å². The first kappa shape index (κ1) is 20.3. The molecule has 1 saturated heterocycles. The molecule has 0 spiro atoms. The van der Waals surface area contributed by atoms with Crippen molar-refractivity contribution in [3.63, 3.8) is 0 Å². The highest BCUT2D eigenvalue weighted by atomic mass is 19.1. The quantitative estimate of drug-likeness (QED) is 0.440. The molecule has 0 aromatic heterocycles. The number of nitrogens with zero attached hydrogens (tertiary/aromatic N) is 1. The second kappa shape index (κ2) is 9.64. The van der Waals surface area contributed by atoms with E-state index in [4.69, 9.17) is 5.41 Å². The monoisotopic (exact) mass is 370 g/mol. The van der Waals surface area contributed by atoms with Gasteiger partial charge in [0, 0.05) is 24.4 Å². The van der Waals surface area contributed by atoms with E-state index in [1.807, 2.05) is 36.4 Å². The zero-order valence-corrected chi connectivity index (χ0v) is 15.0. The Hall–Kier alpha value is -2.99. The van der Waals surface area contributed by atoms with Crippen molar-refractivity contribution in [1.29, 1.82) is 5.41 Å². The molecule has 6 heteroatoms. The minimum absolute atomic E-state index is 0.163. The van der Waals surface area contributed by atoms with Crippen molar-refractivity contribution in [2.75, 3.05) is 6.54 Å². The third-order valence-corrected chi connectivity index (χ3v) is 4.23. The highest BCUT2D eigenvalue weighted by Gasteiger charge is 2.33. The van der Waals surface area contributed by atoms with Gasteiger partial charge in [0.05, 0.1) is 11.7 Å². The van der Waals surface area contributed by atoms with E-state index in [1.165, 1.54) is 29.2 Å². The number of carbonyl (C=O) groups excluding carboxylic acids is 1. The summed E-state index contributed by atoms with van der Waals surface area (Å²) in [4.78, 5) is 13.8. The van der Waals surface area contributed by atoms with Crippen molar-refractivity contribution in [2.45, 2.75) is 25.5 Å². The molecule has 0 aliphatic carbocycles. The molecule has 2 unspecified atom stereocenters. The topological polar surface area (TPSA) is 84.6 Å². The number of amides is 1. The van der Waals surface area contributed by atoms with E-state index in [2.05, 4.69) is 0 Å². The van der Waals surface area contributed by atoms with Gasteiger partial charge in [-0.1, -0.05) is 36.4 Å². The van der Waals surface area contributed by atoms with Crippen LogP contribution in [0, 0.1) is 11.2 Å². The summed E-state index contributed by atoms with van der Waals surface area (Å²) in [5.41, 5.74) is 0.0817. The normalized spacial score (nSPS) is 19.6. The molecule has 142 valence electrons. The Kier molecular flexibility index (Phi) is 7.25. The molecule has 27 heavy (non-hydrogen) atoms. The summed E-state index contributed by atoms with van der Waals surface area (Å²) >= 11 is 0. The Morgan fingerprint density at radius 1 is 1.15 bits per heavy atom. The number of aliphatic hydroxyl groups excluding tert-OH is 2. The van der Waals surface area contributed by atoms with Crippen molar-refractivity contribution in [3.05, 3.63) is 77.6 Å². The van der Waals surface area contributed by atoms with Crippen LogP contribution < -0.4 is 0 Å². The maximum absolute atomic E-state index is 12.9. The molecule has 0 saturated carbocycles. The number of benzene rings is 2. The summed E-state index contributed by atoms with van der Waals surface area (Å²) in [6.07, 6.45) is 0.649. The Labute approximate surface area is 157 Å². The Morgan fingerprint density at radius 2 is 1.67 bits per heavy atom. The first-order chi connectivity index (χ1) is 12.9. The molecular weight excluding hydrogens is 347 g/mol. The number of β-amino-alcohol motifs (C(OH)–C–C–N with tert-alkyl or cyclic N) is 1. The SMILES string of the molecule is CC1CC(O)CN1C(=O)/C(C=N)=C(/O)c1ccc(F)cc1.c1ccccc1. The van der Waals surface area contributed by atoms with Gasteiger partial charge in [-0.15, -0.1) is 0 Å². The van der Waals surface area contributed by atoms with E-state index in [0.717, 1.165) is 6.21 Å². The summed E-state index contributed by atoms with van der Waals surface area (Å²) in [6.45, 7) is 1.97. The maximum atomic E-state index is 12.9. The average Bonchev–Trinajstić information content (AvgIpc) is 3.02. The molecule has 1 heterocycles. The molecule has 0 bridgehead atoms. The van der Waals surface area contributed by atoms with Crippen molar-refractivity contribution >= 4 is 17.9 Å². The number of nitrogens with one attached hydrogen (secondary N) is 1. The van der Waals surface area contributed by atoms with Crippen LogP contribution in [0.25, 0.3) is 5.76 Å². The summed E-state index contributed by atoms with van der Waals surface area (Å²) in [5, 5.41) is 27.1. The minimum atomic E-state index is -0.594. The first-order valence-electron chi connectivity index (χ1n) is 8.62. The zero-order valence-electron chi connectivity index (χ0n) is 15.0. The zero-order chi connectivity index (χ0) is 19.8. The highest BCUT2D eigenvalue weighted by molar-refractivity contribution is 6.16. The van der Waals surface area contributed by atoms with Crippen molar-refractivity contribution in [1.82, 2.24) is 4.90 Å². The lowest BCUT2D eigenvalue weighted by molar-refractivity contribution is -0.127. The van der Waals surface area contributed by atoms with Gasteiger partial charge in [-0.3, -0.25) is 4.79 Å². The first-order valence-corrected chi connectivity index (χ1v) is 8.62. The molecule has 1 aliphatic heterocycles. The Morgan fingerprint density at radius 3 is 2.07 bits per heavy atom. The van der Waals surface area contributed by atoms with Gasteiger partial charge in [0.2, 0.25) is 0 Å². The molecule has 3 rings (SSSR count). The van der Waals surface area contributed by atoms with E-state index in [0.29, 0.717) is 6.42 Å². The van der Waals surface area contributed by atoms with Crippen LogP contribution in [0.15, 0.2) is 66.2 Å². The van der Waals surface area contributed by atoms with Gasteiger partial charge in [0.1, 0.15) is 11.6 Å². The third kappa shape index (κ3) is 5.49. The van der Waals surface area contributed by atoms with Crippen LogP contribution in [0.4, 0.5) is 4.39 Å². The molecule has 2 atom stereocenters. The number of likely N-dealkylation sites (tertiary alicyclic amines) is 1. The molecule has 0 radical (unpaired) electrons. The van der Waals surface area contributed by atoms with Crippen LogP contribution in [0.5, 0.6) is 0 Å². The fraction of sp³-hybridized carbons (Fsp3) is 0.238. The molecule has 1 aliphatic rings. The second-order valence-electron chi connectivity index (χ2n) is 6.26. The molecule has 2 aromatic carbocycles. The molecule has 3 N–H and O–H groups in total. The van der Waals surface area contributed by atoms with Gasteiger partial charge in [0.25, 0.3) is 5.91 Å². The Balaban J connectivity index is 0.000000369. The lowest BCUT2D eigenvalue weighted by atomic mass is 10.1. The van der Waals surface area contributed by atoms with Crippen LogP contribution in [0.1, 0.15) is 18.9 Å². The average molecular weight is 370 g/mol. The van der Waals surface area contributed by atoms with Gasteiger partial charge in [0.15, 0.2) is 0 Å². The number of hydrogen-bond donors (Lipinski definition) is 3. The standard InChI is InChI=1S/C15H17FN2O3.C6H6/c1-9-6-12(19)8-18(9)15(21)13(7-17)14(20)10-2-4-11(16)5-3-10;1-2-4-6-5-3-1/h2-5,7,9,12,17,19-20H,6,8H2,1H3;1-6H/b14-13+,17-7?;. The fourth-order valence-electron chi connectivity index (χ4n) is 2.82. The van der Waals surface area contributed by atoms with E-state index in [-0.39, 0.29) is 29.5 Å². The van der Waals surface area contributed by atoms with E-state index < -0.39 is 17.8 Å². The second-order valence-corrected chi connectivity index (χ2v) is 6.26. The molecule has 1 amide bonds. The number of aliphatic hydroxyl groups is 2. The number of carbonyl (C=O) groups is 1. The summed E-state index contributed by atoms with van der Waals surface area (Å²) in [5.74, 6) is -1.34. The van der Waals surface area contributed by atoms with E-state index >= 15 is 0 Å². The Bertz CT molecular complexity index is 764. The highest BCUT2D eigenvalue weighted by Crippen LogP contribution is 2.23. The lowest BCUT2D eigenvalue weighted by Crippen LogP contribution is -2.36. The molecule has 1 fully saturated rings. The maximum Gasteiger partial charge on any atom is 0.259 e. The fourth-order valence-corrected chi connectivity index (χ4v) is 2.82. The van der Waals surface area contributed by atoms with Crippen LogP contribution in [0.3, 0.4) is 0 Å². The molecule has 5 nitrogen and oxygen atoms in total. The summed E-state index contributed by atoms with van der Waals surface area (Å²) in [6, 6.07) is 16.8. The van der Waals surface area contributed by atoms with Gasteiger partial charge in [-0.25, -0.2) is 4.39 Å². The van der Waals surface area contributed by atoms with Crippen LogP contribution in [-0.4, -0.2) is 45.9 Å². The van der Waals surface area contributed by atoms with E-state index in [1.54, 1.807) is 6.92 Å². The van der Waals surface area contributed by atoms with Gasteiger partial charge >= 0.3 is 0 Å². The van der Waals surface area contributed by atoms with Crippen LogP contribution in [-0.2, 0) is 4.79 Å². The predicted octanol–water partition coefficient (Wildman–Crippen LogP) is 3.41. The molecule has 2 aromatic rings. The largest absolute Gasteiger partial charge is 0.506 e. The van der Waals surface area contributed by atoms with Crippen LogP contribution >= 0.6 is 0 Å². The lowest BCUT2D eigenvalue weighted by Gasteiger charge is -2.21. The van der Waals surface area contributed by atoms with Gasteiger partial charge in [-0.2, -0.15) is 0 Å². The van der Waals surface area contributed by atoms with Gasteiger partial charge < -0.3 is 20.5 Å². The summed E-state index contributed by atoms with van der Waals surface area (Å²) in [7, 11) is 0. The number of rotatable bonds is 3. The smallest absolute Gasteiger partial charge is 0.259 e. The molecular formula is C21H23FN2O3.